The van der Waals surface area contributed by atoms with Crippen LogP contribution in [0.1, 0.15) is 18.9 Å². The molecule has 0 bridgehead atoms. The summed E-state index contributed by atoms with van der Waals surface area (Å²) in [5.41, 5.74) is 1.11. The third kappa shape index (κ3) is 6.82. The molecule has 17 heavy (non-hydrogen) atoms. The molecular weight excluding hydrogens is 288 g/mol. The molecule has 1 rings (SSSR count). The number of hydrogen-bond acceptors (Lipinski definition) is 2. The van der Waals surface area contributed by atoms with E-state index in [0.717, 1.165) is 12.0 Å². The molecule has 0 N–H and O–H groups in total. The molecule has 1 aromatic rings. The summed E-state index contributed by atoms with van der Waals surface area (Å²) in [6.45, 7) is 2.74. The predicted molar refractivity (Wildman–Crippen MR) is 64.5 cm³/mol. The molecule has 4 heteroatoms. The Kier molecular flexibility index (Phi) is 10.7. The quantitative estimate of drug-likeness (QED) is 0.669. The van der Waals surface area contributed by atoms with E-state index >= 15 is 0 Å². The first-order valence-corrected chi connectivity index (χ1v) is 5.56. The Morgan fingerprint density at radius 1 is 1.35 bits per heavy atom. The molecule has 0 aliphatic rings. The van der Waals surface area contributed by atoms with Gasteiger partial charge in [-0.1, -0.05) is 43.7 Å². The first-order chi connectivity index (χ1) is 7.77. The van der Waals surface area contributed by atoms with Gasteiger partial charge in [-0.05, 0) is 18.0 Å². The zero-order valence-electron chi connectivity index (χ0n) is 10.8. The standard InChI is InChI=1S/C13H18NO2.Rb/c1-3-9-14-12(13(15)16-2)10-11-7-5-4-6-8-11;/h4-8,12H,3,9-10H2,1-2H3;/q-1;+1. The molecule has 0 fully saturated rings. The van der Waals surface area contributed by atoms with Crippen molar-refractivity contribution in [3.63, 3.8) is 0 Å². The van der Waals surface area contributed by atoms with Crippen LogP contribution in [0.25, 0.3) is 5.32 Å². The minimum atomic E-state index is -0.368. The van der Waals surface area contributed by atoms with E-state index in [4.69, 9.17) is 4.74 Å². The Balaban J connectivity index is 0.00000256. The van der Waals surface area contributed by atoms with Gasteiger partial charge in [0.2, 0.25) is 0 Å². The van der Waals surface area contributed by atoms with E-state index in [-0.39, 0.29) is 70.2 Å². The van der Waals surface area contributed by atoms with Crippen molar-refractivity contribution in [2.75, 3.05) is 13.7 Å². The maximum absolute atomic E-state index is 11.5. The van der Waals surface area contributed by atoms with Crippen LogP contribution in [0.5, 0.6) is 0 Å². The van der Waals surface area contributed by atoms with Crippen LogP contribution in [-0.2, 0) is 16.0 Å². The summed E-state index contributed by atoms with van der Waals surface area (Å²) in [5, 5.41) is 4.33. The average molecular weight is 306 g/mol. The van der Waals surface area contributed by atoms with E-state index in [9.17, 15) is 4.79 Å². The van der Waals surface area contributed by atoms with Gasteiger partial charge in [0.25, 0.3) is 5.97 Å². The SMILES string of the molecule is CCC[N-]C(Cc1ccccc1)C(=O)OC.[Rb+]. The molecule has 1 atom stereocenters. The van der Waals surface area contributed by atoms with Crippen molar-refractivity contribution in [2.24, 2.45) is 0 Å². The Bertz CT molecular complexity index is 316. The molecule has 88 valence electrons. The Morgan fingerprint density at radius 2 is 2.00 bits per heavy atom. The Hall–Kier alpha value is 0.455. The number of esters is 1. The fourth-order valence-electron chi connectivity index (χ4n) is 1.48. The predicted octanol–water partition coefficient (Wildman–Crippen LogP) is -0.442. The van der Waals surface area contributed by atoms with Crippen LogP contribution in [0.15, 0.2) is 30.3 Å². The number of benzene rings is 1. The van der Waals surface area contributed by atoms with E-state index in [2.05, 4.69) is 5.32 Å². The first kappa shape index (κ1) is 17.5. The average Bonchev–Trinajstić information content (AvgIpc) is 2.34. The van der Waals surface area contributed by atoms with Crippen molar-refractivity contribution in [1.82, 2.24) is 0 Å². The fraction of sp³-hybridized carbons (Fsp3) is 0.462. The number of hydrogen-bond donors (Lipinski definition) is 0. The summed E-state index contributed by atoms with van der Waals surface area (Å²) in [5.74, 6) is -0.252. The molecule has 3 nitrogen and oxygen atoms in total. The van der Waals surface area contributed by atoms with Crippen LogP contribution < -0.4 is 58.2 Å². The van der Waals surface area contributed by atoms with Gasteiger partial charge in [-0.15, -0.1) is 6.54 Å². The normalized spacial score (nSPS) is 11.4. The number of ether oxygens (including phenoxy) is 1. The minimum Gasteiger partial charge on any atom is -0.650 e. The van der Waals surface area contributed by atoms with Gasteiger partial charge in [0.05, 0.1) is 7.11 Å². The third-order valence-corrected chi connectivity index (χ3v) is 2.32. The van der Waals surface area contributed by atoms with Crippen LogP contribution in [0.2, 0.25) is 0 Å². The van der Waals surface area contributed by atoms with Crippen molar-refractivity contribution in [3.05, 3.63) is 41.2 Å². The molecule has 1 unspecified atom stereocenters. The molecular formula is C13H18NO2Rb. The molecule has 1 aromatic carbocycles. The summed E-state index contributed by atoms with van der Waals surface area (Å²) >= 11 is 0. The first-order valence-electron chi connectivity index (χ1n) is 5.56. The molecule has 0 saturated heterocycles. The summed E-state index contributed by atoms with van der Waals surface area (Å²) in [4.78, 5) is 11.5. The van der Waals surface area contributed by atoms with E-state index in [0.29, 0.717) is 13.0 Å². The molecule has 0 aromatic heterocycles. The van der Waals surface area contributed by atoms with Crippen LogP contribution in [-0.4, -0.2) is 25.7 Å². The minimum absolute atomic E-state index is 0. The molecule has 0 aliphatic heterocycles. The van der Waals surface area contributed by atoms with Gasteiger partial charge < -0.3 is 10.1 Å². The molecule has 0 spiro atoms. The summed E-state index contributed by atoms with van der Waals surface area (Å²) in [7, 11) is 1.40. The van der Waals surface area contributed by atoms with Gasteiger partial charge in [-0.2, -0.15) is 0 Å². The molecule has 0 radical (unpaired) electrons. The Morgan fingerprint density at radius 3 is 2.53 bits per heavy atom. The summed E-state index contributed by atoms with van der Waals surface area (Å²) in [6.07, 6.45) is 1.57. The number of rotatable bonds is 6. The summed E-state index contributed by atoms with van der Waals surface area (Å²) in [6, 6.07) is 9.51. The van der Waals surface area contributed by atoms with Crippen molar-refractivity contribution < 1.29 is 67.7 Å². The van der Waals surface area contributed by atoms with Crippen LogP contribution >= 0.6 is 0 Å². The maximum Gasteiger partial charge on any atom is 1.00 e. The van der Waals surface area contributed by atoms with Crippen molar-refractivity contribution in [1.29, 1.82) is 0 Å². The molecule has 0 saturated carbocycles. The molecule has 0 aliphatic carbocycles. The van der Waals surface area contributed by atoms with Gasteiger partial charge in [-0.3, -0.25) is 4.79 Å². The van der Waals surface area contributed by atoms with E-state index in [1.165, 1.54) is 7.11 Å². The zero-order chi connectivity index (χ0) is 11.8. The number of carbonyl (C=O) groups excluding carboxylic acids is 1. The van der Waals surface area contributed by atoms with E-state index < -0.39 is 0 Å². The van der Waals surface area contributed by atoms with Gasteiger partial charge in [0.15, 0.2) is 0 Å². The van der Waals surface area contributed by atoms with Crippen LogP contribution in [0, 0.1) is 0 Å². The van der Waals surface area contributed by atoms with Crippen LogP contribution in [0.4, 0.5) is 0 Å². The summed E-state index contributed by atoms with van der Waals surface area (Å²) < 4.78 is 4.75. The number of nitrogens with zero attached hydrogens (tertiary/aromatic N) is 1. The van der Waals surface area contributed by atoms with E-state index in [1.807, 2.05) is 37.3 Å². The van der Waals surface area contributed by atoms with E-state index in [1.54, 1.807) is 0 Å². The third-order valence-electron chi connectivity index (χ3n) is 2.32. The largest absolute Gasteiger partial charge is 1.00 e. The van der Waals surface area contributed by atoms with Gasteiger partial charge in [0.1, 0.15) is 0 Å². The second-order valence-corrected chi connectivity index (χ2v) is 3.63. The second kappa shape index (κ2) is 10.4. The second-order valence-electron chi connectivity index (χ2n) is 3.63. The number of carbonyl (C=O) groups is 1. The van der Waals surface area contributed by atoms with Crippen molar-refractivity contribution in [3.8, 4) is 0 Å². The molecule has 0 heterocycles. The topological polar surface area (TPSA) is 40.4 Å². The fourth-order valence-corrected chi connectivity index (χ4v) is 1.48. The molecule has 0 amide bonds. The van der Waals surface area contributed by atoms with Crippen LogP contribution in [0.3, 0.4) is 0 Å². The van der Waals surface area contributed by atoms with Gasteiger partial charge in [-0.25, -0.2) is 0 Å². The van der Waals surface area contributed by atoms with Crippen molar-refractivity contribution in [2.45, 2.75) is 25.8 Å². The zero-order valence-corrected chi connectivity index (χ0v) is 15.8. The Labute approximate surface area is 152 Å². The van der Waals surface area contributed by atoms with Gasteiger partial charge in [0, 0.05) is 0 Å². The van der Waals surface area contributed by atoms with Gasteiger partial charge >= 0.3 is 58.2 Å². The van der Waals surface area contributed by atoms with Crippen molar-refractivity contribution >= 4 is 5.97 Å². The smallest absolute Gasteiger partial charge is 0.650 e. The number of methoxy groups -OCH3 is 1. The maximum atomic E-state index is 11.5. The monoisotopic (exact) mass is 305 g/mol.